The summed E-state index contributed by atoms with van der Waals surface area (Å²) in [6.45, 7) is 23.5. The number of benzene rings is 5. The highest BCUT2D eigenvalue weighted by atomic mass is 19.2. The fourth-order valence-corrected chi connectivity index (χ4v) is 5.25. The molecule has 0 unspecified atom stereocenters. The predicted molar refractivity (Wildman–Crippen MR) is 228 cm³/mol. The second kappa shape index (κ2) is 25.8. The van der Waals surface area contributed by atoms with Crippen LogP contribution in [0, 0.1) is 129 Å². The van der Waals surface area contributed by atoms with E-state index in [4.69, 9.17) is 0 Å². The lowest BCUT2D eigenvalue weighted by atomic mass is 9.84. The van der Waals surface area contributed by atoms with Gasteiger partial charge in [0.1, 0.15) is 40.7 Å². The van der Waals surface area contributed by atoms with Gasteiger partial charge >= 0.3 is 0 Å². The number of aryl methyl sites for hydroxylation is 8. The van der Waals surface area contributed by atoms with E-state index in [-0.39, 0.29) is 36.0 Å². The maximum absolute atomic E-state index is 13.0. The molecule has 1 aliphatic carbocycles. The average molecular weight is 799 g/mol. The van der Waals surface area contributed by atoms with E-state index in [0.717, 1.165) is 17.4 Å². The van der Waals surface area contributed by atoms with Crippen molar-refractivity contribution < 1.29 is 30.7 Å². The molecule has 5 aromatic rings. The van der Waals surface area contributed by atoms with Crippen molar-refractivity contribution in [2.45, 2.75) is 123 Å². The molecule has 0 heterocycles. The highest BCUT2D eigenvalue weighted by molar-refractivity contribution is 5.32. The van der Waals surface area contributed by atoms with Gasteiger partial charge in [-0.05, 0) is 163 Å². The molecule has 0 aliphatic heterocycles. The third-order valence-electron chi connectivity index (χ3n) is 9.67. The van der Waals surface area contributed by atoms with Crippen LogP contribution in [0.5, 0.6) is 0 Å². The first-order valence-electron chi connectivity index (χ1n) is 19.1. The number of rotatable bonds is 0. The van der Waals surface area contributed by atoms with Gasteiger partial charge in [0, 0.05) is 11.1 Å². The van der Waals surface area contributed by atoms with E-state index in [2.05, 4.69) is 52.0 Å². The highest BCUT2D eigenvalue weighted by Crippen LogP contribution is 2.27. The lowest BCUT2D eigenvalue weighted by molar-refractivity contribution is 0.308. The van der Waals surface area contributed by atoms with Crippen molar-refractivity contribution in [1.82, 2.24) is 0 Å². The number of hydrogen-bond acceptors (Lipinski definition) is 0. The summed E-state index contributed by atoms with van der Waals surface area (Å²) >= 11 is 0. The van der Waals surface area contributed by atoms with Crippen LogP contribution in [0.25, 0.3) is 0 Å². The van der Waals surface area contributed by atoms with Crippen LogP contribution in [0.4, 0.5) is 30.7 Å². The van der Waals surface area contributed by atoms with E-state index in [1.54, 1.807) is 33.8 Å². The summed E-state index contributed by atoms with van der Waals surface area (Å²) in [5.41, 5.74) is 7.03. The number of halogens is 7. The summed E-state index contributed by atoms with van der Waals surface area (Å²) in [4.78, 5) is 0. The molecule has 1 fully saturated rings. The van der Waals surface area contributed by atoms with Crippen molar-refractivity contribution in [3.8, 4) is 0 Å². The van der Waals surface area contributed by atoms with Crippen molar-refractivity contribution in [2.24, 2.45) is 11.8 Å². The minimum absolute atomic E-state index is 0. The Balaban J connectivity index is 0.000000660. The van der Waals surface area contributed by atoms with Gasteiger partial charge in [-0.25, -0.2) is 30.7 Å². The van der Waals surface area contributed by atoms with E-state index in [1.165, 1.54) is 101 Å². The smallest absolute Gasteiger partial charge is 0.132 e. The molecule has 0 bridgehead atoms. The van der Waals surface area contributed by atoms with Crippen molar-refractivity contribution in [3.05, 3.63) is 175 Å². The SMILES string of the molecule is C.CC1CCC(C)CC1.Cc1cc(F)c(C)c(F)c1.Cc1cc(F)c(C)c(F)c1C.Cc1cc(F)c(C)cc1F.Cc1ccc(C)c(F)c1.Cc1ccc(C)cc1. The molecule has 0 aromatic heterocycles. The van der Waals surface area contributed by atoms with Gasteiger partial charge in [-0.3, -0.25) is 0 Å². The van der Waals surface area contributed by atoms with E-state index < -0.39 is 23.3 Å². The average Bonchev–Trinajstić information content (AvgIpc) is 3.13. The molecule has 314 valence electrons. The van der Waals surface area contributed by atoms with Crippen LogP contribution in [-0.4, -0.2) is 0 Å². The van der Waals surface area contributed by atoms with Crippen LogP contribution >= 0.6 is 0 Å². The molecule has 5 aromatic carbocycles. The molecule has 1 aliphatic rings. The second-order valence-corrected chi connectivity index (χ2v) is 15.2. The predicted octanol–water partition coefficient (Wildman–Crippen LogP) is 16.3. The summed E-state index contributed by atoms with van der Waals surface area (Å²) in [5, 5.41) is 0. The van der Waals surface area contributed by atoms with Gasteiger partial charge in [0.2, 0.25) is 0 Å². The van der Waals surface area contributed by atoms with E-state index in [1.807, 2.05) is 13.0 Å². The Bertz CT molecular complexity index is 1820. The minimum atomic E-state index is -0.475. The zero-order valence-corrected chi connectivity index (χ0v) is 35.6. The first kappa shape index (κ1) is 52.6. The monoisotopic (exact) mass is 798 g/mol. The first-order chi connectivity index (χ1) is 26.0. The summed E-state index contributed by atoms with van der Waals surface area (Å²) in [6.07, 6.45) is 5.89. The molecule has 0 N–H and O–H groups in total. The second-order valence-electron chi connectivity index (χ2n) is 15.2. The molecule has 0 nitrogen and oxygen atoms in total. The van der Waals surface area contributed by atoms with Crippen LogP contribution in [-0.2, 0) is 0 Å². The third-order valence-corrected chi connectivity index (χ3v) is 9.67. The standard InChI is InChI=1S/C9H10F2.2C8H8F2.C8H9F.C8H16.C8H10.CH4/c1-5-4-8(10)7(3)9(11)6(5)2;1-5-3-8(10)6(2)4-7(5)9;1-5-3-7(9)6(2)8(10)4-5;1-6-3-4-7(2)8(9)5-6;2*1-7-3-5-8(2)6-4-7;/h4H,1-3H3;2*3-4H,1-2H3;3-5H,1-2H3;7-8H,3-6H2,1-2H3;3-6H,1-2H3;1H4. The maximum atomic E-state index is 13.0. The van der Waals surface area contributed by atoms with Crippen LogP contribution in [0.2, 0.25) is 0 Å². The van der Waals surface area contributed by atoms with Crippen molar-refractivity contribution in [2.75, 3.05) is 0 Å². The molecular weight excluding hydrogens is 734 g/mol. The van der Waals surface area contributed by atoms with Crippen molar-refractivity contribution in [1.29, 1.82) is 0 Å². The van der Waals surface area contributed by atoms with Gasteiger partial charge in [-0.1, -0.05) is 94.5 Å². The molecular formula is C50H65F7. The Labute approximate surface area is 339 Å². The van der Waals surface area contributed by atoms with Crippen LogP contribution in [0.15, 0.2) is 72.8 Å². The number of hydrogen-bond donors (Lipinski definition) is 0. The Morgan fingerprint density at radius 1 is 0.333 bits per heavy atom. The van der Waals surface area contributed by atoms with Gasteiger partial charge in [-0.2, -0.15) is 0 Å². The molecule has 6 rings (SSSR count). The van der Waals surface area contributed by atoms with Gasteiger partial charge in [0.25, 0.3) is 0 Å². The van der Waals surface area contributed by atoms with Crippen molar-refractivity contribution in [3.63, 3.8) is 0 Å². The zero-order valence-electron chi connectivity index (χ0n) is 35.6. The molecule has 7 heteroatoms. The minimum Gasteiger partial charge on any atom is -0.207 e. The van der Waals surface area contributed by atoms with Crippen LogP contribution in [0.3, 0.4) is 0 Å². The quantitative estimate of drug-likeness (QED) is 0.137. The highest BCUT2D eigenvalue weighted by Gasteiger charge is 2.13. The molecule has 0 saturated heterocycles. The van der Waals surface area contributed by atoms with Gasteiger partial charge < -0.3 is 0 Å². The van der Waals surface area contributed by atoms with E-state index in [0.29, 0.717) is 33.4 Å². The molecule has 0 radical (unpaired) electrons. The Morgan fingerprint density at radius 2 is 0.649 bits per heavy atom. The first-order valence-corrected chi connectivity index (χ1v) is 19.1. The normalized spacial score (nSPS) is 13.9. The Kier molecular flexibility index (Phi) is 23.8. The van der Waals surface area contributed by atoms with Crippen molar-refractivity contribution >= 4 is 0 Å². The lowest BCUT2D eigenvalue weighted by Crippen LogP contribution is -2.08. The van der Waals surface area contributed by atoms with Crippen LogP contribution in [0.1, 0.15) is 108 Å². The van der Waals surface area contributed by atoms with E-state index in [9.17, 15) is 30.7 Å². The van der Waals surface area contributed by atoms with Gasteiger partial charge in [0.05, 0.1) is 0 Å². The topological polar surface area (TPSA) is 0 Å². The Morgan fingerprint density at radius 3 is 1.02 bits per heavy atom. The molecule has 0 amide bonds. The maximum Gasteiger partial charge on any atom is 0.132 e. The van der Waals surface area contributed by atoms with Crippen LogP contribution < -0.4 is 0 Å². The van der Waals surface area contributed by atoms with Gasteiger partial charge in [0.15, 0.2) is 0 Å². The zero-order chi connectivity index (χ0) is 42.9. The van der Waals surface area contributed by atoms with Gasteiger partial charge in [-0.15, -0.1) is 0 Å². The summed E-state index contributed by atoms with van der Waals surface area (Å²) in [6, 6.07) is 20.1. The third kappa shape index (κ3) is 19.5. The fourth-order valence-electron chi connectivity index (χ4n) is 5.25. The largest absolute Gasteiger partial charge is 0.207 e. The summed E-state index contributed by atoms with van der Waals surface area (Å²) < 4.78 is 88.8. The Hall–Kier alpha value is -4.39. The van der Waals surface area contributed by atoms with E-state index >= 15 is 0 Å². The summed E-state index contributed by atoms with van der Waals surface area (Å²) in [7, 11) is 0. The fraction of sp³-hybridized carbons (Fsp3) is 0.400. The molecule has 1 saturated carbocycles. The summed E-state index contributed by atoms with van der Waals surface area (Å²) in [5.74, 6) is -0.617. The lowest BCUT2D eigenvalue weighted by Gasteiger charge is -2.22. The molecule has 0 spiro atoms. The molecule has 0 atom stereocenters. The molecule has 57 heavy (non-hydrogen) atoms.